The Balaban J connectivity index is 1.22. The van der Waals surface area contributed by atoms with Crippen molar-refractivity contribution < 1.29 is 27.9 Å². The summed E-state index contributed by atoms with van der Waals surface area (Å²) in [4.78, 5) is 53.6. The van der Waals surface area contributed by atoms with Crippen LogP contribution in [0.25, 0.3) is 22.8 Å². The molecule has 0 spiro atoms. The van der Waals surface area contributed by atoms with Gasteiger partial charge >= 0.3 is 6.18 Å². The van der Waals surface area contributed by atoms with Crippen LogP contribution in [-0.2, 0) is 23.9 Å². The van der Waals surface area contributed by atoms with Gasteiger partial charge in [0.2, 0.25) is 11.7 Å². The van der Waals surface area contributed by atoms with E-state index in [-0.39, 0.29) is 78.6 Å². The molecule has 4 aromatic heterocycles. The molecule has 1 fully saturated rings. The number of aryl methyl sites for hydroxylation is 1. The van der Waals surface area contributed by atoms with Gasteiger partial charge in [-0.3, -0.25) is 14.4 Å². The second-order valence-corrected chi connectivity index (χ2v) is 12.5. The quantitative estimate of drug-likeness (QED) is 0.242. The fourth-order valence-corrected chi connectivity index (χ4v) is 6.50. The minimum absolute atomic E-state index is 0.0228. The molecule has 6 aromatic rings. The van der Waals surface area contributed by atoms with E-state index < -0.39 is 29.1 Å². The smallest absolute Gasteiger partial charge is 0.416 e. The van der Waals surface area contributed by atoms with Gasteiger partial charge in [0.15, 0.2) is 22.9 Å². The first-order valence-corrected chi connectivity index (χ1v) is 16.6. The van der Waals surface area contributed by atoms with Crippen molar-refractivity contribution in [1.29, 1.82) is 0 Å². The van der Waals surface area contributed by atoms with Gasteiger partial charge in [0.05, 0.1) is 33.9 Å². The molecule has 268 valence electrons. The zero-order valence-electron chi connectivity index (χ0n) is 27.7. The number of aromatic nitrogens is 7. The molecular weight excluding hydrogens is 705 g/mol. The third-order valence-corrected chi connectivity index (χ3v) is 9.20. The molecule has 2 N–H and O–H groups in total. The van der Waals surface area contributed by atoms with E-state index in [9.17, 15) is 32.7 Å². The maximum absolute atomic E-state index is 14.2. The molecule has 2 amide bonds. The average molecular weight is 735 g/mol. The van der Waals surface area contributed by atoms with Crippen molar-refractivity contribution in [3.63, 3.8) is 0 Å². The van der Waals surface area contributed by atoms with Gasteiger partial charge < -0.3 is 24.8 Å². The summed E-state index contributed by atoms with van der Waals surface area (Å²) in [5.74, 6) is -1.06. The molecule has 14 nitrogen and oxygen atoms in total. The van der Waals surface area contributed by atoms with Crippen molar-refractivity contribution in [3.8, 4) is 17.1 Å². The molecular formula is C34H30ClF3N10O4. The van der Waals surface area contributed by atoms with Crippen molar-refractivity contribution in [2.75, 3.05) is 36.4 Å². The predicted octanol–water partition coefficient (Wildman–Crippen LogP) is 4.45. The average Bonchev–Trinajstić information content (AvgIpc) is 3.80. The van der Waals surface area contributed by atoms with Crippen LogP contribution in [0.1, 0.15) is 34.4 Å². The van der Waals surface area contributed by atoms with Gasteiger partial charge in [-0.1, -0.05) is 48.9 Å². The first-order chi connectivity index (χ1) is 24.8. The van der Waals surface area contributed by atoms with Crippen LogP contribution >= 0.6 is 11.6 Å². The number of rotatable bonds is 7. The molecule has 0 radical (unpaired) electrons. The van der Waals surface area contributed by atoms with E-state index in [1.807, 2.05) is 17.9 Å². The Bertz CT molecular complexity index is 2420. The Hall–Kier alpha value is -5.97. The van der Waals surface area contributed by atoms with Gasteiger partial charge in [0.25, 0.3) is 11.5 Å². The number of carbonyl (C=O) groups excluding carboxylic acids is 2. The Morgan fingerprint density at radius 1 is 1.00 bits per heavy atom. The Morgan fingerprint density at radius 3 is 2.40 bits per heavy atom. The van der Waals surface area contributed by atoms with Crippen LogP contribution < -0.4 is 15.8 Å². The van der Waals surface area contributed by atoms with Gasteiger partial charge in [-0.2, -0.15) is 27.8 Å². The van der Waals surface area contributed by atoms with E-state index >= 15 is 0 Å². The van der Waals surface area contributed by atoms with Crippen molar-refractivity contribution in [1.82, 2.24) is 38.7 Å². The first kappa shape index (κ1) is 34.5. The fraction of sp³-hybridized carbons (Fsp3) is 0.265. The minimum atomic E-state index is -4.62. The van der Waals surface area contributed by atoms with Crippen molar-refractivity contribution in [2.24, 2.45) is 0 Å². The highest BCUT2D eigenvalue weighted by Crippen LogP contribution is 2.34. The lowest BCUT2D eigenvalue weighted by atomic mass is 10.2. The van der Waals surface area contributed by atoms with Crippen LogP contribution in [0.4, 0.5) is 24.5 Å². The van der Waals surface area contributed by atoms with Gasteiger partial charge in [-0.15, -0.1) is 5.10 Å². The van der Waals surface area contributed by atoms with Gasteiger partial charge in [-0.05, 0) is 31.5 Å². The number of aromatic hydroxyl groups is 1. The maximum atomic E-state index is 14.2. The molecule has 0 saturated carbocycles. The normalized spacial score (nSPS) is 13.7. The van der Waals surface area contributed by atoms with E-state index in [2.05, 4.69) is 25.5 Å². The van der Waals surface area contributed by atoms with Crippen LogP contribution in [0.15, 0.2) is 65.6 Å². The third-order valence-electron chi connectivity index (χ3n) is 8.88. The summed E-state index contributed by atoms with van der Waals surface area (Å²) in [6.45, 7) is 3.87. The molecule has 0 bridgehead atoms. The lowest BCUT2D eigenvalue weighted by Gasteiger charge is -2.36. The van der Waals surface area contributed by atoms with E-state index in [1.165, 1.54) is 15.6 Å². The second kappa shape index (κ2) is 13.3. The maximum Gasteiger partial charge on any atom is 0.416 e. The minimum Gasteiger partial charge on any atom is -0.504 e. The Labute approximate surface area is 297 Å². The molecule has 0 atom stereocenters. The molecule has 0 aliphatic carbocycles. The van der Waals surface area contributed by atoms with E-state index in [1.54, 1.807) is 41.8 Å². The number of hydrogen-bond acceptors (Lipinski definition) is 9. The number of hydrogen-bond donors (Lipinski definition) is 2. The number of anilines is 2. The largest absolute Gasteiger partial charge is 0.504 e. The highest BCUT2D eigenvalue weighted by atomic mass is 35.5. The summed E-state index contributed by atoms with van der Waals surface area (Å²) in [7, 11) is 0. The van der Waals surface area contributed by atoms with Gasteiger partial charge in [0, 0.05) is 37.8 Å². The third kappa shape index (κ3) is 6.16. The molecule has 1 aliphatic heterocycles. The zero-order chi connectivity index (χ0) is 36.9. The van der Waals surface area contributed by atoms with Gasteiger partial charge in [-0.25, -0.2) is 9.50 Å². The standard InChI is InChI=1S/C34H30ClF3N10O4/c1-3-24-28(44-13-15-45(16-14-44)31(51)27-29(50)19(2)47-25(41-27)11-12-39-47)32(52)48-33(42-30(43-48)20-7-5-4-6-8-20)46(24)18-26(49)40-23-10-9-21(17-22(23)35)34(36,37)38/h4-12,17,50H,3,13-16,18H2,1-2H3,(H,40,49). The number of amides is 2. The predicted molar refractivity (Wildman–Crippen MR) is 185 cm³/mol. The number of nitrogens with zero attached hydrogens (tertiary/aromatic N) is 9. The first-order valence-electron chi connectivity index (χ1n) is 16.2. The molecule has 2 aromatic carbocycles. The van der Waals surface area contributed by atoms with E-state index in [0.717, 1.165) is 22.7 Å². The SMILES string of the molecule is CCc1c(N2CCN(C(=O)c3nc4ccnn4c(C)c3O)CC2)c(=O)n2nc(-c3ccccc3)nc2n1CC(=O)Nc1ccc(C(F)(F)F)cc1Cl. The number of alkyl halides is 3. The molecule has 7 rings (SSSR count). The van der Waals surface area contributed by atoms with Crippen LogP contribution in [0, 0.1) is 6.92 Å². The van der Waals surface area contributed by atoms with E-state index in [4.69, 9.17) is 11.6 Å². The summed E-state index contributed by atoms with van der Waals surface area (Å²) < 4.78 is 43.7. The summed E-state index contributed by atoms with van der Waals surface area (Å²) in [5, 5.41) is 21.7. The monoisotopic (exact) mass is 734 g/mol. The topological polar surface area (TPSA) is 155 Å². The number of piperazine rings is 1. The van der Waals surface area contributed by atoms with Crippen LogP contribution in [0.2, 0.25) is 5.02 Å². The molecule has 1 aliphatic rings. The summed E-state index contributed by atoms with van der Waals surface area (Å²) >= 11 is 6.12. The van der Waals surface area contributed by atoms with Crippen molar-refractivity contribution in [3.05, 3.63) is 98.8 Å². The highest BCUT2D eigenvalue weighted by molar-refractivity contribution is 6.33. The summed E-state index contributed by atoms with van der Waals surface area (Å²) in [6.07, 6.45) is -2.82. The molecule has 5 heterocycles. The highest BCUT2D eigenvalue weighted by Gasteiger charge is 2.32. The molecule has 0 unspecified atom stereocenters. The van der Waals surface area contributed by atoms with Crippen LogP contribution in [0.3, 0.4) is 0 Å². The number of benzene rings is 2. The fourth-order valence-electron chi connectivity index (χ4n) is 6.28. The molecule has 52 heavy (non-hydrogen) atoms. The van der Waals surface area contributed by atoms with Crippen molar-refractivity contribution in [2.45, 2.75) is 33.0 Å². The van der Waals surface area contributed by atoms with Crippen molar-refractivity contribution >= 4 is 46.2 Å². The van der Waals surface area contributed by atoms with E-state index in [0.29, 0.717) is 22.6 Å². The zero-order valence-corrected chi connectivity index (χ0v) is 28.5. The lowest BCUT2D eigenvalue weighted by molar-refractivity contribution is -0.137. The number of nitrogens with one attached hydrogen (secondary N) is 1. The molecule has 1 saturated heterocycles. The Kier molecular flexibility index (Phi) is 8.82. The molecule has 18 heteroatoms. The second-order valence-electron chi connectivity index (χ2n) is 12.1. The number of fused-ring (bicyclic) bond motifs is 2. The summed E-state index contributed by atoms with van der Waals surface area (Å²) in [5.41, 5.74) is 0.547. The summed E-state index contributed by atoms with van der Waals surface area (Å²) in [6, 6.07) is 13.2. The van der Waals surface area contributed by atoms with Crippen LogP contribution in [-0.4, -0.2) is 81.8 Å². The van der Waals surface area contributed by atoms with Gasteiger partial charge in [0.1, 0.15) is 12.2 Å². The Morgan fingerprint density at radius 2 is 1.73 bits per heavy atom. The number of halogens is 4. The number of carbonyl (C=O) groups is 2. The lowest BCUT2D eigenvalue weighted by Crippen LogP contribution is -2.51. The van der Waals surface area contributed by atoms with Crippen LogP contribution in [0.5, 0.6) is 5.75 Å².